The van der Waals surface area contributed by atoms with Crippen molar-refractivity contribution in [3.05, 3.63) is 52.0 Å². The fourth-order valence-corrected chi connectivity index (χ4v) is 3.85. The Morgan fingerprint density at radius 2 is 1.97 bits per heavy atom. The zero-order chi connectivity index (χ0) is 25.1. The highest BCUT2D eigenvalue weighted by molar-refractivity contribution is 5.78. The van der Waals surface area contributed by atoms with Gasteiger partial charge in [-0.05, 0) is 6.92 Å². The first-order chi connectivity index (χ1) is 16.8. The maximum atomic E-state index is 11.9. The van der Waals surface area contributed by atoms with Crippen LogP contribution in [0.3, 0.4) is 0 Å². The first-order valence-corrected chi connectivity index (χ1v) is 10.8. The summed E-state index contributed by atoms with van der Waals surface area (Å²) in [6.45, 7) is 5.20. The van der Waals surface area contributed by atoms with E-state index in [-0.39, 0.29) is 17.5 Å². The molecule has 4 rings (SSSR count). The van der Waals surface area contributed by atoms with Crippen molar-refractivity contribution in [2.75, 3.05) is 43.5 Å². The summed E-state index contributed by atoms with van der Waals surface area (Å²) < 4.78 is 6.97. The number of nitro groups is 1. The predicted octanol–water partition coefficient (Wildman–Crippen LogP) is 2.11. The number of carbonyl (C=O) groups excluding carboxylic acids is 2. The summed E-state index contributed by atoms with van der Waals surface area (Å²) >= 11 is 0. The molecular formula is C22H24N8O5. The van der Waals surface area contributed by atoms with Gasteiger partial charge in [-0.1, -0.05) is 0 Å². The third kappa shape index (κ3) is 4.88. The largest absolute Gasteiger partial charge is 0.494 e. The van der Waals surface area contributed by atoms with Crippen LogP contribution in [-0.4, -0.2) is 75.1 Å². The number of nitrogens with one attached hydrogen (secondary N) is 1. The Hall–Kier alpha value is -4.55. The van der Waals surface area contributed by atoms with Crippen molar-refractivity contribution in [2.45, 2.75) is 13.8 Å². The van der Waals surface area contributed by atoms with Gasteiger partial charge in [0.2, 0.25) is 11.9 Å². The third-order valence-electron chi connectivity index (χ3n) is 5.71. The molecule has 1 fully saturated rings. The number of ether oxygens (including phenoxy) is 1. The third-order valence-corrected chi connectivity index (χ3v) is 5.71. The van der Waals surface area contributed by atoms with Gasteiger partial charge < -0.3 is 19.9 Å². The topological polar surface area (TPSA) is 149 Å². The van der Waals surface area contributed by atoms with Gasteiger partial charge in [-0.15, -0.1) is 0 Å². The first-order valence-electron chi connectivity index (χ1n) is 10.8. The molecule has 1 saturated heterocycles. The van der Waals surface area contributed by atoms with Crippen molar-refractivity contribution in [1.29, 1.82) is 0 Å². The van der Waals surface area contributed by atoms with Gasteiger partial charge in [0, 0.05) is 63.2 Å². The molecule has 1 N–H and O–H groups in total. The molecule has 3 aromatic rings. The van der Waals surface area contributed by atoms with Crippen LogP contribution in [0.2, 0.25) is 0 Å². The molecule has 0 unspecified atom stereocenters. The highest BCUT2D eigenvalue weighted by Crippen LogP contribution is 2.39. The van der Waals surface area contributed by atoms with Crippen molar-refractivity contribution < 1.29 is 19.2 Å². The van der Waals surface area contributed by atoms with Crippen molar-refractivity contribution >= 4 is 35.2 Å². The molecule has 0 aliphatic carbocycles. The summed E-state index contributed by atoms with van der Waals surface area (Å²) in [6.07, 6.45) is 5.22. The molecule has 1 aliphatic rings. The van der Waals surface area contributed by atoms with E-state index in [2.05, 4.69) is 20.4 Å². The Morgan fingerprint density at radius 1 is 1.23 bits per heavy atom. The Kier molecular flexibility index (Phi) is 6.57. The van der Waals surface area contributed by atoms with Crippen LogP contribution in [-0.2, 0) is 4.79 Å². The quantitative estimate of drug-likeness (QED) is 0.303. The van der Waals surface area contributed by atoms with E-state index in [0.29, 0.717) is 66.5 Å². The number of nitro benzene ring substituents is 1. The summed E-state index contributed by atoms with van der Waals surface area (Å²) in [5.41, 5.74) is 1.72. The maximum Gasteiger partial charge on any atom is 0.294 e. The van der Waals surface area contributed by atoms with E-state index in [0.717, 1.165) is 0 Å². The summed E-state index contributed by atoms with van der Waals surface area (Å²) in [4.78, 5) is 46.4. The maximum absolute atomic E-state index is 11.9. The van der Waals surface area contributed by atoms with Gasteiger partial charge in [0.15, 0.2) is 12.1 Å². The Morgan fingerprint density at radius 3 is 2.57 bits per heavy atom. The normalized spacial score (nSPS) is 13.5. The lowest BCUT2D eigenvalue weighted by molar-refractivity contribution is -0.384. The van der Waals surface area contributed by atoms with Crippen LogP contribution < -0.4 is 15.0 Å². The fourth-order valence-electron chi connectivity index (χ4n) is 3.85. The number of hydrogen-bond donors (Lipinski definition) is 1. The average molecular weight is 480 g/mol. The monoisotopic (exact) mass is 480 g/mol. The van der Waals surface area contributed by atoms with Crippen LogP contribution in [0.15, 0.2) is 30.7 Å². The van der Waals surface area contributed by atoms with Crippen LogP contribution in [0, 0.1) is 17.0 Å². The second kappa shape index (κ2) is 9.75. The van der Waals surface area contributed by atoms with Gasteiger partial charge in [0.1, 0.15) is 11.4 Å². The zero-order valence-electron chi connectivity index (χ0n) is 19.5. The Bertz CT molecular complexity index is 1280. The molecule has 0 atom stereocenters. The number of carbonyl (C=O) groups is 2. The SMILES string of the molecule is COc1cc(N2CCN(C(C)=O)CC2)c([N+](=O)[O-])cc1Nc1ncc(C)c(-n2cc(C=O)cn2)n1. The Labute approximate surface area is 200 Å². The van der Waals surface area contributed by atoms with E-state index in [1.165, 1.54) is 37.2 Å². The van der Waals surface area contributed by atoms with Crippen molar-refractivity contribution in [1.82, 2.24) is 24.6 Å². The lowest BCUT2D eigenvalue weighted by Gasteiger charge is -2.35. The summed E-state index contributed by atoms with van der Waals surface area (Å²) in [6, 6.07) is 2.98. The minimum atomic E-state index is -0.455. The minimum Gasteiger partial charge on any atom is -0.494 e. The number of aryl methyl sites for hydroxylation is 1. The lowest BCUT2D eigenvalue weighted by atomic mass is 10.1. The second-order valence-corrected chi connectivity index (χ2v) is 7.95. The summed E-state index contributed by atoms with van der Waals surface area (Å²) in [5.74, 6) is 0.965. The average Bonchev–Trinajstić information content (AvgIpc) is 3.34. The molecule has 3 heterocycles. The highest BCUT2D eigenvalue weighted by Gasteiger charge is 2.27. The smallest absolute Gasteiger partial charge is 0.294 e. The van der Waals surface area contributed by atoms with Crippen LogP contribution in [0.25, 0.3) is 5.82 Å². The molecule has 1 aliphatic heterocycles. The number of hydrogen-bond acceptors (Lipinski definition) is 10. The number of aromatic nitrogens is 4. The van der Waals surface area contributed by atoms with Crippen LogP contribution in [0.5, 0.6) is 5.75 Å². The first kappa shape index (κ1) is 23.6. The minimum absolute atomic E-state index is 0.0220. The molecular weight excluding hydrogens is 456 g/mol. The van der Waals surface area contributed by atoms with E-state index in [9.17, 15) is 19.7 Å². The van der Waals surface area contributed by atoms with Crippen molar-refractivity contribution in [3.63, 3.8) is 0 Å². The van der Waals surface area contributed by atoms with Crippen LogP contribution in [0.1, 0.15) is 22.8 Å². The predicted molar refractivity (Wildman–Crippen MR) is 127 cm³/mol. The molecule has 0 saturated carbocycles. The summed E-state index contributed by atoms with van der Waals surface area (Å²) in [5, 5.41) is 19.1. The summed E-state index contributed by atoms with van der Waals surface area (Å²) in [7, 11) is 1.47. The number of nitrogens with zero attached hydrogens (tertiary/aromatic N) is 7. The molecule has 13 nitrogen and oxygen atoms in total. The number of amides is 1. The van der Waals surface area contributed by atoms with E-state index in [4.69, 9.17) is 4.74 Å². The number of benzene rings is 1. The highest BCUT2D eigenvalue weighted by atomic mass is 16.6. The molecule has 182 valence electrons. The van der Waals surface area contributed by atoms with Gasteiger partial charge in [-0.25, -0.2) is 9.67 Å². The molecule has 1 amide bonds. The van der Waals surface area contributed by atoms with Gasteiger partial charge in [-0.3, -0.25) is 19.7 Å². The molecule has 0 spiro atoms. The number of anilines is 3. The van der Waals surface area contributed by atoms with Crippen LogP contribution in [0.4, 0.5) is 23.0 Å². The van der Waals surface area contributed by atoms with Gasteiger partial charge in [0.05, 0.1) is 29.5 Å². The fraction of sp³-hybridized carbons (Fsp3) is 0.318. The van der Waals surface area contributed by atoms with Crippen molar-refractivity contribution in [3.8, 4) is 11.6 Å². The van der Waals surface area contributed by atoms with E-state index in [1.807, 2.05) is 4.90 Å². The van der Waals surface area contributed by atoms with E-state index < -0.39 is 4.92 Å². The molecule has 13 heteroatoms. The number of methoxy groups -OCH3 is 1. The van der Waals surface area contributed by atoms with Gasteiger partial charge >= 0.3 is 0 Å². The number of aldehydes is 1. The lowest BCUT2D eigenvalue weighted by Crippen LogP contribution is -2.48. The standard InChI is InChI=1S/C22H24N8O5/c1-14-10-23-22(26-21(14)29-12-16(13-31)11-24-29)25-17-8-19(30(33)34)18(9-20(17)35-3)28-6-4-27(5-7-28)15(2)32/h8-13H,4-7H2,1-3H3,(H,23,25,26). The molecule has 1 aromatic carbocycles. The molecule has 0 radical (unpaired) electrons. The Balaban J connectivity index is 1.66. The van der Waals surface area contributed by atoms with E-state index in [1.54, 1.807) is 24.1 Å². The molecule has 0 bridgehead atoms. The zero-order valence-corrected chi connectivity index (χ0v) is 19.5. The van der Waals surface area contributed by atoms with Crippen LogP contribution >= 0.6 is 0 Å². The van der Waals surface area contributed by atoms with Crippen molar-refractivity contribution in [2.24, 2.45) is 0 Å². The van der Waals surface area contributed by atoms with E-state index >= 15 is 0 Å². The second-order valence-electron chi connectivity index (χ2n) is 7.95. The number of piperazine rings is 1. The number of rotatable bonds is 7. The van der Waals surface area contributed by atoms with Gasteiger partial charge in [0.25, 0.3) is 5.69 Å². The van der Waals surface area contributed by atoms with Gasteiger partial charge in [-0.2, -0.15) is 10.1 Å². The molecule has 2 aromatic heterocycles. The molecule has 35 heavy (non-hydrogen) atoms.